The van der Waals surface area contributed by atoms with Gasteiger partial charge in [-0.3, -0.25) is 0 Å². The monoisotopic (exact) mass is 271 g/mol. The van der Waals surface area contributed by atoms with Gasteiger partial charge in [-0.1, -0.05) is 15.9 Å². The maximum Gasteiger partial charge on any atom is 0.167 e. The zero-order chi connectivity index (χ0) is 10.8. The number of rotatable bonds is 1. The van der Waals surface area contributed by atoms with E-state index in [1.807, 2.05) is 19.1 Å². The highest BCUT2D eigenvalue weighted by Crippen LogP contribution is 2.40. The fourth-order valence-corrected chi connectivity index (χ4v) is 2.33. The Morgan fingerprint density at radius 3 is 2.80 bits per heavy atom. The number of fused-ring (bicyclic) bond motifs is 1. The second-order valence-corrected chi connectivity index (χ2v) is 4.48. The standard InChI is InChI=1S/C11H14BrNO2/c1-7(13)10-8(12)3-4-9-11(10)15-6-2-5-14-9/h3-4,7H,2,5-6,13H2,1H3. The summed E-state index contributed by atoms with van der Waals surface area (Å²) in [5, 5.41) is 0. The molecule has 4 heteroatoms. The molecule has 0 aliphatic carbocycles. The van der Waals surface area contributed by atoms with Crippen molar-refractivity contribution in [1.29, 1.82) is 0 Å². The molecule has 1 aromatic carbocycles. The number of hydrogen-bond donors (Lipinski definition) is 1. The van der Waals surface area contributed by atoms with Gasteiger partial charge in [0.15, 0.2) is 11.5 Å². The van der Waals surface area contributed by atoms with Gasteiger partial charge in [-0.25, -0.2) is 0 Å². The van der Waals surface area contributed by atoms with Crippen molar-refractivity contribution in [3.05, 3.63) is 22.2 Å². The number of hydrogen-bond acceptors (Lipinski definition) is 3. The summed E-state index contributed by atoms with van der Waals surface area (Å²) in [4.78, 5) is 0. The largest absolute Gasteiger partial charge is 0.490 e. The normalized spacial score (nSPS) is 17.0. The van der Waals surface area contributed by atoms with Gasteiger partial charge < -0.3 is 15.2 Å². The summed E-state index contributed by atoms with van der Waals surface area (Å²) in [5.74, 6) is 1.58. The van der Waals surface area contributed by atoms with Crippen molar-refractivity contribution in [3.63, 3.8) is 0 Å². The van der Waals surface area contributed by atoms with Crippen LogP contribution in [0.5, 0.6) is 11.5 Å². The molecule has 0 radical (unpaired) electrons. The molecule has 2 rings (SSSR count). The molecular weight excluding hydrogens is 258 g/mol. The van der Waals surface area contributed by atoms with Crippen molar-refractivity contribution in [1.82, 2.24) is 0 Å². The molecule has 0 spiro atoms. The molecule has 1 heterocycles. The van der Waals surface area contributed by atoms with Crippen molar-refractivity contribution in [2.75, 3.05) is 13.2 Å². The van der Waals surface area contributed by atoms with Crippen molar-refractivity contribution < 1.29 is 9.47 Å². The van der Waals surface area contributed by atoms with E-state index in [-0.39, 0.29) is 6.04 Å². The van der Waals surface area contributed by atoms with E-state index in [2.05, 4.69) is 15.9 Å². The number of benzene rings is 1. The molecule has 0 fully saturated rings. The molecule has 0 amide bonds. The molecule has 82 valence electrons. The van der Waals surface area contributed by atoms with Crippen LogP contribution in [-0.4, -0.2) is 13.2 Å². The fourth-order valence-electron chi connectivity index (χ4n) is 1.66. The highest BCUT2D eigenvalue weighted by molar-refractivity contribution is 9.10. The summed E-state index contributed by atoms with van der Waals surface area (Å²) >= 11 is 3.49. The quantitative estimate of drug-likeness (QED) is 0.854. The second kappa shape index (κ2) is 4.41. The molecule has 0 bridgehead atoms. The highest BCUT2D eigenvalue weighted by Gasteiger charge is 2.19. The zero-order valence-electron chi connectivity index (χ0n) is 8.63. The minimum atomic E-state index is -0.0731. The number of ether oxygens (including phenoxy) is 2. The maximum atomic E-state index is 5.92. The summed E-state index contributed by atoms with van der Waals surface area (Å²) in [6.45, 7) is 3.32. The Labute approximate surface area is 97.7 Å². The van der Waals surface area contributed by atoms with Gasteiger partial charge in [-0.2, -0.15) is 0 Å². The lowest BCUT2D eigenvalue weighted by Gasteiger charge is -2.16. The maximum absolute atomic E-state index is 5.92. The minimum absolute atomic E-state index is 0.0731. The third kappa shape index (κ3) is 2.11. The molecular formula is C11H14BrNO2. The van der Waals surface area contributed by atoms with Crippen LogP contribution in [0.1, 0.15) is 24.9 Å². The van der Waals surface area contributed by atoms with Gasteiger partial charge in [0.25, 0.3) is 0 Å². The van der Waals surface area contributed by atoms with Gasteiger partial charge in [-0.05, 0) is 19.1 Å². The van der Waals surface area contributed by atoms with Crippen LogP contribution in [0.15, 0.2) is 16.6 Å². The lowest BCUT2D eigenvalue weighted by atomic mass is 10.1. The lowest BCUT2D eigenvalue weighted by molar-refractivity contribution is 0.295. The summed E-state index contributed by atoms with van der Waals surface area (Å²) in [6.07, 6.45) is 0.907. The predicted molar refractivity (Wildman–Crippen MR) is 62.4 cm³/mol. The summed E-state index contributed by atoms with van der Waals surface area (Å²) in [7, 11) is 0. The van der Waals surface area contributed by atoms with Crippen LogP contribution in [0.2, 0.25) is 0 Å². The van der Waals surface area contributed by atoms with Crippen LogP contribution in [0.3, 0.4) is 0 Å². The first-order chi connectivity index (χ1) is 7.20. The molecule has 2 N–H and O–H groups in total. The Morgan fingerprint density at radius 1 is 1.33 bits per heavy atom. The third-order valence-corrected chi connectivity index (χ3v) is 3.05. The molecule has 0 saturated heterocycles. The molecule has 15 heavy (non-hydrogen) atoms. The van der Waals surface area contributed by atoms with Crippen LogP contribution in [0, 0.1) is 0 Å². The SMILES string of the molecule is CC(N)c1c(Br)ccc2c1OCCCO2. The van der Waals surface area contributed by atoms with Crippen molar-refractivity contribution in [2.24, 2.45) is 5.73 Å². The molecule has 3 nitrogen and oxygen atoms in total. The summed E-state index contributed by atoms with van der Waals surface area (Å²) < 4.78 is 12.3. The Bertz CT molecular complexity index is 366. The van der Waals surface area contributed by atoms with E-state index in [0.29, 0.717) is 13.2 Å². The van der Waals surface area contributed by atoms with Gasteiger partial charge in [0.1, 0.15) is 0 Å². The van der Waals surface area contributed by atoms with Gasteiger partial charge in [0, 0.05) is 22.5 Å². The van der Waals surface area contributed by atoms with E-state index in [1.54, 1.807) is 0 Å². The number of halogens is 1. The van der Waals surface area contributed by atoms with Gasteiger partial charge in [0.2, 0.25) is 0 Å². The smallest absolute Gasteiger partial charge is 0.167 e. The molecule has 1 atom stereocenters. The molecule has 0 saturated carbocycles. The van der Waals surface area contributed by atoms with Crippen LogP contribution in [0.4, 0.5) is 0 Å². The third-order valence-electron chi connectivity index (χ3n) is 2.35. The Hall–Kier alpha value is -0.740. The lowest BCUT2D eigenvalue weighted by Crippen LogP contribution is -2.09. The average Bonchev–Trinajstić information content (AvgIpc) is 2.41. The van der Waals surface area contributed by atoms with E-state index in [9.17, 15) is 0 Å². The highest BCUT2D eigenvalue weighted by atomic mass is 79.9. The van der Waals surface area contributed by atoms with Crippen LogP contribution < -0.4 is 15.2 Å². The van der Waals surface area contributed by atoms with Crippen LogP contribution in [-0.2, 0) is 0 Å². The van der Waals surface area contributed by atoms with Crippen LogP contribution >= 0.6 is 15.9 Å². The first kappa shape index (κ1) is 10.8. The van der Waals surface area contributed by atoms with E-state index >= 15 is 0 Å². The molecule has 0 aromatic heterocycles. The zero-order valence-corrected chi connectivity index (χ0v) is 10.2. The molecule has 1 unspecified atom stereocenters. The van der Waals surface area contributed by atoms with E-state index < -0.39 is 0 Å². The number of nitrogens with two attached hydrogens (primary N) is 1. The van der Waals surface area contributed by atoms with E-state index in [1.165, 1.54) is 0 Å². The second-order valence-electron chi connectivity index (χ2n) is 3.63. The van der Waals surface area contributed by atoms with E-state index in [0.717, 1.165) is 28.0 Å². The van der Waals surface area contributed by atoms with E-state index in [4.69, 9.17) is 15.2 Å². The molecule has 1 aromatic rings. The Kier molecular flexibility index (Phi) is 3.17. The Morgan fingerprint density at radius 2 is 2.07 bits per heavy atom. The van der Waals surface area contributed by atoms with Crippen molar-refractivity contribution in [3.8, 4) is 11.5 Å². The first-order valence-electron chi connectivity index (χ1n) is 5.03. The average molecular weight is 272 g/mol. The van der Waals surface area contributed by atoms with Crippen molar-refractivity contribution in [2.45, 2.75) is 19.4 Å². The van der Waals surface area contributed by atoms with Crippen LogP contribution in [0.25, 0.3) is 0 Å². The Balaban J connectivity index is 2.51. The van der Waals surface area contributed by atoms with Crippen molar-refractivity contribution >= 4 is 15.9 Å². The molecule has 1 aliphatic heterocycles. The van der Waals surface area contributed by atoms with Gasteiger partial charge >= 0.3 is 0 Å². The van der Waals surface area contributed by atoms with Gasteiger partial charge in [-0.15, -0.1) is 0 Å². The topological polar surface area (TPSA) is 44.5 Å². The minimum Gasteiger partial charge on any atom is -0.490 e. The fraction of sp³-hybridized carbons (Fsp3) is 0.455. The summed E-state index contributed by atoms with van der Waals surface area (Å²) in [6, 6.07) is 3.79. The summed E-state index contributed by atoms with van der Waals surface area (Å²) in [5.41, 5.74) is 6.91. The molecule has 1 aliphatic rings. The first-order valence-corrected chi connectivity index (χ1v) is 5.83. The predicted octanol–water partition coefficient (Wildman–Crippen LogP) is 2.63. The van der Waals surface area contributed by atoms with Gasteiger partial charge in [0.05, 0.1) is 13.2 Å².